The lowest BCUT2D eigenvalue weighted by atomic mass is 8.30. The van der Waals surface area contributed by atoms with E-state index in [1.807, 2.05) is 0 Å². The zero-order chi connectivity index (χ0) is 25.7. The molecule has 0 unspecified atom stereocenters. The van der Waals surface area contributed by atoms with Crippen molar-refractivity contribution in [3.05, 3.63) is 0 Å². The molecule has 0 nitrogen and oxygen atoms in total. The second kappa shape index (κ2) is 15.4. The molecule has 0 aliphatic heterocycles. The van der Waals surface area contributed by atoms with E-state index in [0.717, 1.165) is 0 Å². The normalized spacial score (nSPS) is 9.50. The maximum absolute atomic E-state index is 6.32. The highest BCUT2D eigenvalue weighted by molar-refractivity contribution is 8.28. The summed E-state index contributed by atoms with van der Waals surface area (Å²) in [4.78, 5) is 0. The molecule has 0 fully saturated rings. The fourth-order valence-corrected chi connectivity index (χ4v) is 4.88. The van der Waals surface area contributed by atoms with Crippen LogP contribution in [0.4, 0.5) is 0 Å². The van der Waals surface area contributed by atoms with Crippen LogP contribution < -0.4 is 0 Å². The lowest BCUT2D eigenvalue weighted by molar-refractivity contribution is 3.25. The van der Waals surface area contributed by atoms with Crippen molar-refractivity contribution in [2.45, 2.75) is 0 Å². The predicted molar refractivity (Wildman–Crippen MR) is 184 cm³/mol. The average Bonchev–Trinajstić information content (AvgIpc) is 2.57. The SMILES string of the molecule is [B]B([B])B([B])B(B([B])[B])B(B(B([B])[B])B([B])[B])B(B(B([B])[B])B([B])[B])B(B([B])[B])B([B])[B]. The Hall–Kier alpha value is 2.08. The summed E-state index contributed by atoms with van der Waals surface area (Å²) in [7, 11) is 103. The fraction of sp³-hybridized carbons (Fsp3) is 0. The van der Waals surface area contributed by atoms with E-state index in [4.69, 9.17) is 132 Å². The molecule has 0 atom stereocenters. The first-order valence-corrected chi connectivity index (χ1v) is 10.3. The number of hydrogen-bond donors (Lipinski definition) is 0. The van der Waals surface area contributed by atoms with Crippen molar-refractivity contribution in [2.75, 3.05) is 0 Å². The van der Waals surface area contributed by atoms with Crippen molar-refractivity contribution in [1.82, 2.24) is 0 Å². The zero-order valence-corrected chi connectivity index (χ0v) is 18.5. The molecule has 0 aromatic heterocycles. The van der Waals surface area contributed by atoms with Crippen LogP contribution >= 0.6 is 0 Å². The van der Waals surface area contributed by atoms with E-state index in [2.05, 4.69) is 0 Å². The molecule has 0 amide bonds. The summed E-state index contributed by atoms with van der Waals surface area (Å²) in [6.07, 6.45) is -15.2. The molecule has 0 aliphatic carbocycles. The largest absolute Gasteiger partial charge is 0 e. The van der Waals surface area contributed by atoms with Gasteiger partial charge in [0, 0.05) is 227 Å². The van der Waals surface area contributed by atoms with Gasteiger partial charge >= 0.3 is 0 Å². The second-order valence-corrected chi connectivity index (χ2v) is 8.66. The lowest BCUT2D eigenvalue weighted by Crippen LogP contribution is -2.89. The minimum atomic E-state index is -1.11. The average molecular weight is 346 g/mol. The second-order valence-electron chi connectivity index (χ2n) is 8.66. The summed E-state index contributed by atoms with van der Waals surface area (Å²) in [5.74, 6) is 0. The molecule has 0 rings (SSSR count). The highest BCUT2D eigenvalue weighted by Gasteiger charge is 2.53. The van der Waals surface area contributed by atoms with Gasteiger partial charge in [-0.3, -0.25) is 0 Å². The van der Waals surface area contributed by atoms with Crippen LogP contribution in [0.25, 0.3) is 0 Å². The van der Waals surface area contributed by atoms with Crippen LogP contribution in [0, 0.1) is 0 Å². The van der Waals surface area contributed by atoms with Gasteiger partial charge in [0.25, 0.3) is 0 Å². The minimum absolute atomic E-state index is 0.895. The first kappa shape index (κ1) is 34.1. The third kappa shape index (κ3) is 9.19. The Kier molecular flexibility index (Phi) is 16.4. The monoisotopic (exact) mass is 352 g/mol. The van der Waals surface area contributed by atoms with Crippen LogP contribution in [-0.4, -0.2) is 227 Å². The van der Waals surface area contributed by atoms with Crippen molar-refractivity contribution >= 4 is 227 Å². The van der Waals surface area contributed by atoms with Crippen molar-refractivity contribution in [3.8, 4) is 0 Å². The molecule has 0 aromatic carbocycles. The van der Waals surface area contributed by atoms with Crippen LogP contribution in [0.3, 0.4) is 0 Å². The molecule has 32 heteroatoms. The van der Waals surface area contributed by atoms with Crippen LogP contribution in [0.5, 0.6) is 0 Å². The molecule has 96 valence electrons. The molecule has 34 radical (unpaired) electrons. The van der Waals surface area contributed by atoms with Gasteiger partial charge in [-0.2, -0.15) is 0 Å². The highest BCUT2D eigenvalue weighted by atomic mass is 13.3. The van der Waals surface area contributed by atoms with Gasteiger partial charge in [0.15, 0.2) is 0 Å². The van der Waals surface area contributed by atoms with E-state index in [9.17, 15) is 0 Å². The van der Waals surface area contributed by atoms with Crippen molar-refractivity contribution in [3.63, 3.8) is 0 Å². The lowest BCUT2D eigenvalue weighted by Gasteiger charge is -2.51. The van der Waals surface area contributed by atoms with E-state index < -0.39 is 95.8 Å². The van der Waals surface area contributed by atoms with E-state index in [1.54, 1.807) is 0 Å². The first-order chi connectivity index (χ1) is 14.5. The minimum Gasteiger partial charge on any atom is 0 e. The number of hydrogen-bond acceptors (Lipinski definition) is 0. The van der Waals surface area contributed by atoms with Crippen molar-refractivity contribution in [2.24, 2.45) is 0 Å². The molecular weight excluding hydrogens is 346 g/mol. The molecule has 0 saturated heterocycles. The van der Waals surface area contributed by atoms with Gasteiger partial charge in [-0.1, -0.05) is 0 Å². The summed E-state index contributed by atoms with van der Waals surface area (Å²) >= 11 is 0. The molecule has 0 spiro atoms. The molecular formula is B32. The van der Waals surface area contributed by atoms with Gasteiger partial charge in [0.2, 0.25) is 0 Å². The van der Waals surface area contributed by atoms with Crippen LogP contribution in [0.15, 0.2) is 0 Å². The Balaban J connectivity index is 7.33. The molecule has 0 bridgehead atoms. The van der Waals surface area contributed by atoms with Crippen LogP contribution in [0.1, 0.15) is 0 Å². The molecule has 0 heterocycles. The van der Waals surface area contributed by atoms with Gasteiger partial charge in [-0.25, -0.2) is 0 Å². The van der Waals surface area contributed by atoms with E-state index in [-0.39, 0.29) is 0 Å². The Labute approximate surface area is 226 Å². The first-order valence-electron chi connectivity index (χ1n) is 10.3. The molecule has 0 N–H and O–H groups in total. The van der Waals surface area contributed by atoms with Gasteiger partial charge in [-0.15, -0.1) is 0 Å². The van der Waals surface area contributed by atoms with Gasteiger partial charge < -0.3 is 0 Å². The topological polar surface area (TPSA) is 0 Å². The Morgan fingerprint density at radius 1 is 0.188 bits per heavy atom. The zero-order valence-electron chi connectivity index (χ0n) is 18.5. The summed E-state index contributed by atoms with van der Waals surface area (Å²) in [5.41, 5.74) is 0. The third-order valence-electron chi connectivity index (χ3n) is 6.22. The van der Waals surface area contributed by atoms with Gasteiger partial charge in [-0.05, 0) is 0 Å². The van der Waals surface area contributed by atoms with Gasteiger partial charge in [0.05, 0.1) is 0 Å². The quantitative estimate of drug-likeness (QED) is 0.274. The predicted octanol–water partition coefficient (Wildman–Crippen LogP) is -12.2. The summed E-state index contributed by atoms with van der Waals surface area (Å²) < 4.78 is 0. The maximum atomic E-state index is 6.32. The molecule has 0 saturated carbocycles. The number of rotatable bonds is 14. The maximum Gasteiger partial charge on any atom is 0 e. The van der Waals surface area contributed by atoms with Crippen LogP contribution in [0.2, 0.25) is 0 Å². The Morgan fingerprint density at radius 2 is 0.375 bits per heavy atom. The van der Waals surface area contributed by atoms with Crippen molar-refractivity contribution < 1.29 is 0 Å². The molecule has 32 heavy (non-hydrogen) atoms. The van der Waals surface area contributed by atoms with E-state index in [0.29, 0.717) is 0 Å². The summed E-state index contributed by atoms with van der Waals surface area (Å²) in [5, 5.41) is 0. The Bertz CT molecular complexity index is 434. The third-order valence-corrected chi connectivity index (χ3v) is 6.22. The fourth-order valence-electron chi connectivity index (χ4n) is 4.88. The summed E-state index contributed by atoms with van der Waals surface area (Å²) in [6, 6.07) is 0. The van der Waals surface area contributed by atoms with E-state index >= 15 is 0 Å². The van der Waals surface area contributed by atoms with Gasteiger partial charge in [0.1, 0.15) is 0 Å². The highest BCUT2D eigenvalue weighted by Crippen LogP contribution is 2.15. The molecule has 0 aliphatic rings. The smallest absolute Gasteiger partial charge is 0 e. The van der Waals surface area contributed by atoms with Crippen molar-refractivity contribution in [1.29, 1.82) is 0 Å². The Morgan fingerprint density at radius 3 is 0.531 bits per heavy atom. The standard InChI is InChI=1S/B32/c1-18(2)26(17)30(25(15)16)32(29(23(11)12)24(13)14)31(27(19(3)4)20(5)6)28(21(7)8)22(9)10. The van der Waals surface area contributed by atoms with Crippen LogP contribution in [-0.2, 0) is 0 Å². The van der Waals surface area contributed by atoms with E-state index in [1.165, 1.54) is 0 Å². The molecule has 0 aromatic rings. The summed E-state index contributed by atoms with van der Waals surface area (Å²) in [6.45, 7) is 0.